The Bertz CT molecular complexity index is 485. The molecule has 2 N–H and O–H groups in total. The van der Waals surface area contributed by atoms with Gasteiger partial charge in [0, 0.05) is 12.0 Å². The van der Waals surface area contributed by atoms with Gasteiger partial charge in [0.2, 0.25) is 0 Å². The summed E-state index contributed by atoms with van der Waals surface area (Å²) in [7, 11) is 0. The third kappa shape index (κ3) is 3.24. The van der Waals surface area contributed by atoms with Crippen LogP contribution >= 0.6 is 33.9 Å². The number of aromatic nitrogens is 2. The Hall–Kier alpha value is -0.510. The number of nitrogens with two attached hydrogens (primary N) is 1. The molecule has 0 aliphatic heterocycles. The number of ether oxygens (including phenoxy) is 1. The summed E-state index contributed by atoms with van der Waals surface area (Å²) in [5, 5.41) is 5.85. The third-order valence-electron chi connectivity index (χ3n) is 2.09. The van der Waals surface area contributed by atoms with Gasteiger partial charge in [-0.15, -0.1) is 11.3 Å². The van der Waals surface area contributed by atoms with E-state index in [9.17, 15) is 0 Å². The molecular weight excluding hydrogens is 353 g/mol. The lowest BCUT2D eigenvalue weighted by atomic mass is 10.3. The van der Waals surface area contributed by atoms with Crippen LogP contribution in [-0.2, 0) is 4.74 Å². The van der Waals surface area contributed by atoms with Crippen molar-refractivity contribution in [2.24, 2.45) is 5.73 Å². The number of nitrogens with zero attached hydrogens (tertiary/aromatic N) is 2. The molecule has 0 aliphatic carbocycles. The highest BCUT2D eigenvalue weighted by molar-refractivity contribution is 14.1. The largest absolute Gasteiger partial charge is 0.380 e. The Labute approximate surface area is 116 Å². The average Bonchev–Trinajstić information content (AvgIpc) is 2.93. The van der Waals surface area contributed by atoms with Crippen LogP contribution in [0.15, 0.2) is 16.0 Å². The van der Waals surface area contributed by atoms with Gasteiger partial charge < -0.3 is 15.0 Å². The van der Waals surface area contributed by atoms with E-state index in [1.807, 2.05) is 18.4 Å². The van der Waals surface area contributed by atoms with Crippen molar-refractivity contribution in [2.75, 3.05) is 13.2 Å². The minimum absolute atomic E-state index is 0.342. The second kappa shape index (κ2) is 5.89. The van der Waals surface area contributed by atoms with Gasteiger partial charge in [-0.3, -0.25) is 0 Å². The summed E-state index contributed by atoms with van der Waals surface area (Å²) in [4.78, 5) is 4.27. The Balaban J connectivity index is 2.10. The normalized spacial score (nSPS) is 12.9. The maximum atomic E-state index is 5.87. The molecule has 0 saturated carbocycles. The van der Waals surface area contributed by atoms with Crippen molar-refractivity contribution in [2.45, 2.75) is 13.0 Å². The second-order valence-electron chi connectivity index (χ2n) is 3.36. The van der Waals surface area contributed by atoms with Crippen molar-refractivity contribution < 1.29 is 9.26 Å². The quantitative estimate of drug-likeness (QED) is 0.824. The number of rotatable bonds is 5. The Morgan fingerprint density at radius 3 is 3.12 bits per heavy atom. The SMILES string of the molecule is CCOCC(N)c1noc(-c2csc(I)c2)n1. The number of halogens is 1. The Kier molecular flexibility index (Phi) is 4.48. The van der Waals surface area contributed by atoms with Crippen molar-refractivity contribution in [3.05, 3.63) is 20.2 Å². The smallest absolute Gasteiger partial charge is 0.258 e. The van der Waals surface area contributed by atoms with Crippen LogP contribution in [0, 0.1) is 2.88 Å². The number of thiophene rings is 1. The van der Waals surface area contributed by atoms with Gasteiger partial charge in [-0.05, 0) is 35.6 Å². The van der Waals surface area contributed by atoms with Crippen LogP contribution in [0.3, 0.4) is 0 Å². The molecule has 17 heavy (non-hydrogen) atoms. The van der Waals surface area contributed by atoms with Crippen LogP contribution in [-0.4, -0.2) is 23.4 Å². The van der Waals surface area contributed by atoms with Gasteiger partial charge in [-0.1, -0.05) is 5.16 Å². The molecule has 1 atom stereocenters. The van der Waals surface area contributed by atoms with E-state index in [1.54, 1.807) is 11.3 Å². The molecule has 0 bridgehead atoms. The molecule has 2 aromatic heterocycles. The Morgan fingerprint density at radius 2 is 2.47 bits per heavy atom. The Morgan fingerprint density at radius 1 is 1.65 bits per heavy atom. The fourth-order valence-electron chi connectivity index (χ4n) is 1.24. The molecule has 2 rings (SSSR count). The monoisotopic (exact) mass is 365 g/mol. The highest BCUT2D eigenvalue weighted by Gasteiger charge is 2.16. The maximum absolute atomic E-state index is 5.87. The van der Waals surface area contributed by atoms with E-state index >= 15 is 0 Å². The van der Waals surface area contributed by atoms with E-state index in [1.165, 1.54) is 2.88 Å². The standard InChI is InChI=1S/C10H12IN3O2S/c1-2-15-4-7(12)9-13-10(16-14-9)6-3-8(11)17-5-6/h3,5,7H,2,4,12H2,1H3. The lowest BCUT2D eigenvalue weighted by Crippen LogP contribution is -2.18. The van der Waals surface area contributed by atoms with Crippen molar-refractivity contribution in [3.63, 3.8) is 0 Å². The van der Waals surface area contributed by atoms with Gasteiger partial charge in [0.05, 0.1) is 21.1 Å². The van der Waals surface area contributed by atoms with E-state index in [-0.39, 0.29) is 6.04 Å². The molecule has 0 aromatic carbocycles. The molecule has 0 fully saturated rings. The molecule has 1 unspecified atom stereocenters. The highest BCUT2D eigenvalue weighted by atomic mass is 127. The maximum Gasteiger partial charge on any atom is 0.258 e. The highest BCUT2D eigenvalue weighted by Crippen LogP contribution is 2.25. The van der Waals surface area contributed by atoms with Crippen LogP contribution in [0.25, 0.3) is 11.5 Å². The average molecular weight is 365 g/mol. The van der Waals surface area contributed by atoms with E-state index < -0.39 is 0 Å². The van der Waals surface area contributed by atoms with Crippen molar-refractivity contribution in [3.8, 4) is 11.5 Å². The van der Waals surface area contributed by atoms with Gasteiger partial charge in [0.25, 0.3) is 5.89 Å². The summed E-state index contributed by atoms with van der Waals surface area (Å²) >= 11 is 3.88. The first-order valence-electron chi connectivity index (χ1n) is 5.12. The molecule has 0 radical (unpaired) electrons. The zero-order valence-electron chi connectivity index (χ0n) is 9.22. The molecule has 0 saturated heterocycles. The third-order valence-corrected chi connectivity index (χ3v) is 3.88. The zero-order valence-corrected chi connectivity index (χ0v) is 12.2. The first kappa shape index (κ1) is 12.9. The topological polar surface area (TPSA) is 74.2 Å². The first-order chi connectivity index (χ1) is 8.20. The van der Waals surface area contributed by atoms with Gasteiger partial charge in [0.15, 0.2) is 5.82 Å². The summed E-state index contributed by atoms with van der Waals surface area (Å²) in [6, 6.07) is 1.65. The zero-order chi connectivity index (χ0) is 12.3. The summed E-state index contributed by atoms with van der Waals surface area (Å²) < 4.78 is 11.6. The summed E-state index contributed by atoms with van der Waals surface area (Å²) in [5.74, 6) is 0.987. The first-order valence-corrected chi connectivity index (χ1v) is 7.08. The fourth-order valence-corrected chi connectivity index (χ4v) is 2.56. The van der Waals surface area contributed by atoms with E-state index in [0.29, 0.717) is 24.9 Å². The predicted octanol–water partition coefficient (Wildman–Crippen LogP) is 2.44. The second-order valence-corrected chi connectivity index (χ2v) is 6.17. The van der Waals surface area contributed by atoms with E-state index in [0.717, 1.165) is 5.56 Å². The van der Waals surface area contributed by atoms with Crippen LogP contribution < -0.4 is 5.73 Å². The van der Waals surface area contributed by atoms with Crippen molar-refractivity contribution >= 4 is 33.9 Å². The molecule has 92 valence electrons. The van der Waals surface area contributed by atoms with Crippen LogP contribution in [0.2, 0.25) is 0 Å². The number of hydrogen-bond acceptors (Lipinski definition) is 6. The van der Waals surface area contributed by atoms with Crippen molar-refractivity contribution in [1.29, 1.82) is 0 Å². The number of hydrogen-bond donors (Lipinski definition) is 1. The minimum Gasteiger partial charge on any atom is -0.380 e. The van der Waals surface area contributed by atoms with Gasteiger partial charge in [0.1, 0.15) is 0 Å². The molecule has 5 nitrogen and oxygen atoms in total. The summed E-state index contributed by atoms with van der Waals surface area (Å²) in [6.07, 6.45) is 0. The van der Waals surface area contributed by atoms with E-state index in [4.69, 9.17) is 15.0 Å². The summed E-state index contributed by atoms with van der Waals surface area (Å²) in [6.45, 7) is 2.94. The summed E-state index contributed by atoms with van der Waals surface area (Å²) in [5.41, 5.74) is 6.80. The van der Waals surface area contributed by atoms with Gasteiger partial charge in [-0.2, -0.15) is 4.98 Å². The molecule has 0 amide bonds. The van der Waals surface area contributed by atoms with Crippen LogP contribution in [0.5, 0.6) is 0 Å². The van der Waals surface area contributed by atoms with Crippen molar-refractivity contribution in [1.82, 2.24) is 10.1 Å². The van der Waals surface area contributed by atoms with Crippen LogP contribution in [0.1, 0.15) is 18.8 Å². The molecule has 0 spiro atoms. The minimum atomic E-state index is -0.342. The van der Waals surface area contributed by atoms with Gasteiger partial charge in [-0.25, -0.2) is 0 Å². The lowest BCUT2D eigenvalue weighted by molar-refractivity contribution is 0.130. The molecular formula is C10H12IN3O2S. The fraction of sp³-hybridized carbons (Fsp3) is 0.400. The molecule has 2 aromatic rings. The molecule has 0 aliphatic rings. The molecule has 2 heterocycles. The van der Waals surface area contributed by atoms with Crippen LogP contribution in [0.4, 0.5) is 0 Å². The predicted molar refractivity (Wildman–Crippen MR) is 73.7 cm³/mol. The van der Waals surface area contributed by atoms with Gasteiger partial charge >= 0.3 is 0 Å². The lowest BCUT2D eigenvalue weighted by Gasteiger charge is -2.05. The van der Waals surface area contributed by atoms with E-state index in [2.05, 4.69) is 32.7 Å². The molecule has 7 heteroatoms.